The summed E-state index contributed by atoms with van der Waals surface area (Å²) in [7, 11) is 0. The molecule has 0 atom stereocenters. The van der Waals surface area contributed by atoms with E-state index in [1.54, 1.807) is 12.4 Å². The van der Waals surface area contributed by atoms with E-state index < -0.39 is 0 Å². The minimum Gasteiger partial charge on any atom is -0.255 e. The van der Waals surface area contributed by atoms with Gasteiger partial charge in [0.25, 0.3) is 0 Å². The predicted octanol–water partition coefficient (Wildman–Crippen LogP) is 5.82. The lowest BCUT2D eigenvalue weighted by molar-refractivity contribution is 1.27. The van der Waals surface area contributed by atoms with Gasteiger partial charge in [0.15, 0.2) is 0 Å². The summed E-state index contributed by atoms with van der Waals surface area (Å²) < 4.78 is 0. The number of benzene rings is 2. The summed E-state index contributed by atoms with van der Waals surface area (Å²) in [6.45, 7) is 8.39. The van der Waals surface area contributed by atoms with Gasteiger partial charge in [0.2, 0.25) is 0 Å². The van der Waals surface area contributed by atoms with Gasteiger partial charge in [-0.2, -0.15) is 0 Å². The molecule has 0 aliphatic rings. The van der Waals surface area contributed by atoms with Crippen LogP contribution in [0.1, 0.15) is 33.6 Å². The Kier molecular flexibility index (Phi) is 5.37. The van der Waals surface area contributed by atoms with E-state index in [0.29, 0.717) is 0 Å². The van der Waals surface area contributed by atoms with Crippen molar-refractivity contribution < 1.29 is 0 Å². The second-order valence-electron chi connectivity index (χ2n) is 6.54. The third kappa shape index (κ3) is 4.51. The first-order chi connectivity index (χ1) is 12.5. The van der Waals surface area contributed by atoms with Gasteiger partial charge in [-0.05, 0) is 86.3 Å². The molecular weight excluding hydrogens is 318 g/mol. The maximum atomic E-state index is 4.58. The fourth-order valence-electron chi connectivity index (χ4n) is 2.51. The Labute approximate surface area is 155 Å². The van der Waals surface area contributed by atoms with Crippen molar-refractivity contribution in [3.8, 4) is 0 Å². The summed E-state index contributed by atoms with van der Waals surface area (Å²) in [4.78, 5) is 13.6. The van der Waals surface area contributed by atoms with Crippen molar-refractivity contribution in [2.24, 2.45) is 9.98 Å². The lowest BCUT2D eigenvalue weighted by Gasteiger charge is -2.01. The van der Waals surface area contributed by atoms with E-state index in [9.17, 15) is 0 Å². The van der Waals surface area contributed by atoms with Gasteiger partial charge in [-0.15, -0.1) is 0 Å². The van der Waals surface area contributed by atoms with Crippen LogP contribution in [0.4, 0.5) is 11.4 Å². The molecule has 0 aliphatic carbocycles. The van der Waals surface area contributed by atoms with Gasteiger partial charge in [0, 0.05) is 0 Å². The summed E-state index contributed by atoms with van der Waals surface area (Å²) >= 11 is 0. The van der Waals surface area contributed by atoms with Gasteiger partial charge in [-0.25, -0.2) is 4.98 Å². The molecule has 1 heterocycles. The predicted molar refractivity (Wildman–Crippen MR) is 111 cm³/mol. The van der Waals surface area contributed by atoms with Gasteiger partial charge in [-0.3, -0.25) is 9.98 Å². The van der Waals surface area contributed by atoms with Crippen LogP contribution in [0.5, 0.6) is 0 Å². The molecule has 3 nitrogen and oxygen atoms in total. The Hall–Kier alpha value is -3.07. The maximum Gasteiger partial charge on any atom is 0.0820 e. The van der Waals surface area contributed by atoms with E-state index in [2.05, 4.69) is 66.9 Å². The molecule has 0 aliphatic heterocycles. The van der Waals surface area contributed by atoms with E-state index in [-0.39, 0.29) is 0 Å². The zero-order valence-electron chi connectivity index (χ0n) is 15.7. The summed E-state index contributed by atoms with van der Waals surface area (Å²) in [5.74, 6) is 0. The summed E-state index contributed by atoms with van der Waals surface area (Å²) in [5.41, 5.74) is 8.51. The Bertz CT molecular complexity index is 908. The van der Waals surface area contributed by atoms with Crippen LogP contribution in [0.25, 0.3) is 0 Å². The van der Waals surface area contributed by atoms with E-state index in [1.807, 2.05) is 30.3 Å². The van der Waals surface area contributed by atoms with Gasteiger partial charge < -0.3 is 0 Å². The molecule has 1 aromatic heterocycles. The van der Waals surface area contributed by atoms with Crippen LogP contribution >= 0.6 is 0 Å². The monoisotopic (exact) mass is 341 g/mol. The van der Waals surface area contributed by atoms with Gasteiger partial charge in [0.05, 0.1) is 35.2 Å². The zero-order chi connectivity index (χ0) is 18.5. The standard InChI is InChI=1S/C23H23N3/c1-16-8-10-20(12-18(16)3)24-14-22-6-5-7-23(26-22)15-25-21-11-9-17(2)19(4)13-21/h5-15H,1-4H3. The van der Waals surface area contributed by atoms with Gasteiger partial charge >= 0.3 is 0 Å². The van der Waals surface area contributed by atoms with Crippen molar-refractivity contribution in [2.75, 3.05) is 0 Å². The largest absolute Gasteiger partial charge is 0.255 e. The van der Waals surface area contributed by atoms with E-state index >= 15 is 0 Å². The number of nitrogens with zero attached hydrogens (tertiary/aromatic N) is 3. The second-order valence-corrected chi connectivity index (χ2v) is 6.54. The lowest BCUT2D eigenvalue weighted by atomic mass is 10.1. The summed E-state index contributed by atoms with van der Waals surface area (Å²) in [6.07, 6.45) is 3.58. The molecule has 26 heavy (non-hydrogen) atoms. The Morgan fingerprint density at radius 2 is 1.08 bits per heavy atom. The minimum absolute atomic E-state index is 0.812. The fourth-order valence-corrected chi connectivity index (χ4v) is 2.51. The van der Waals surface area contributed by atoms with E-state index in [0.717, 1.165) is 22.8 Å². The number of aliphatic imine (C=N–C) groups is 2. The molecule has 0 spiro atoms. The van der Waals surface area contributed by atoms with Crippen LogP contribution in [-0.2, 0) is 0 Å². The highest BCUT2D eigenvalue weighted by molar-refractivity contribution is 5.84. The van der Waals surface area contributed by atoms with Crippen molar-refractivity contribution in [1.29, 1.82) is 0 Å². The molecule has 2 aromatic carbocycles. The fraction of sp³-hybridized carbons (Fsp3) is 0.174. The average molecular weight is 341 g/mol. The quantitative estimate of drug-likeness (QED) is 0.551. The first-order valence-corrected chi connectivity index (χ1v) is 8.71. The van der Waals surface area contributed by atoms with Crippen LogP contribution in [0.3, 0.4) is 0 Å². The molecule has 0 saturated heterocycles. The van der Waals surface area contributed by atoms with Crippen molar-refractivity contribution >= 4 is 23.8 Å². The number of rotatable bonds is 4. The van der Waals surface area contributed by atoms with Crippen molar-refractivity contribution in [1.82, 2.24) is 4.98 Å². The molecule has 0 amide bonds. The highest BCUT2D eigenvalue weighted by atomic mass is 14.8. The SMILES string of the molecule is Cc1ccc(N=Cc2cccc(C=Nc3ccc(C)c(C)c3)n2)cc1C. The van der Waals surface area contributed by atoms with Crippen LogP contribution in [0.15, 0.2) is 64.6 Å². The van der Waals surface area contributed by atoms with Crippen LogP contribution in [0, 0.1) is 27.7 Å². The van der Waals surface area contributed by atoms with Crippen molar-refractivity contribution in [3.63, 3.8) is 0 Å². The smallest absolute Gasteiger partial charge is 0.0820 e. The van der Waals surface area contributed by atoms with Gasteiger partial charge in [0.1, 0.15) is 0 Å². The Morgan fingerprint density at radius 3 is 1.50 bits per heavy atom. The number of hydrogen-bond acceptors (Lipinski definition) is 3. The van der Waals surface area contributed by atoms with Crippen molar-refractivity contribution in [2.45, 2.75) is 27.7 Å². The second kappa shape index (κ2) is 7.87. The molecule has 3 heteroatoms. The molecule has 0 unspecified atom stereocenters. The molecular formula is C23H23N3. The van der Waals surface area contributed by atoms with Crippen LogP contribution < -0.4 is 0 Å². The first kappa shape index (κ1) is 17.7. The Balaban J connectivity index is 1.77. The summed E-state index contributed by atoms with van der Waals surface area (Å²) in [6, 6.07) is 18.2. The average Bonchev–Trinajstić information content (AvgIpc) is 2.64. The molecule has 0 bridgehead atoms. The van der Waals surface area contributed by atoms with Crippen LogP contribution in [0.2, 0.25) is 0 Å². The first-order valence-electron chi connectivity index (χ1n) is 8.71. The molecule has 0 saturated carbocycles. The number of aromatic nitrogens is 1. The van der Waals surface area contributed by atoms with Crippen LogP contribution in [-0.4, -0.2) is 17.4 Å². The maximum absolute atomic E-state index is 4.58. The van der Waals surface area contributed by atoms with Gasteiger partial charge in [-0.1, -0.05) is 18.2 Å². The molecule has 3 aromatic rings. The molecule has 0 fully saturated rings. The summed E-state index contributed by atoms with van der Waals surface area (Å²) in [5, 5.41) is 0. The number of pyridine rings is 1. The molecule has 0 N–H and O–H groups in total. The lowest BCUT2D eigenvalue weighted by Crippen LogP contribution is -1.93. The molecule has 3 rings (SSSR count). The third-order valence-corrected chi connectivity index (χ3v) is 4.46. The minimum atomic E-state index is 0.812. The Morgan fingerprint density at radius 1 is 0.615 bits per heavy atom. The zero-order valence-corrected chi connectivity index (χ0v) is 15.7. The molecule has 130 valence electrons. The van der Waals surface area contributed by atoms with Crippen molar-refractivity contribution in [3.05, 3.63) is 88.2 Å². The normalized spacial score (nSPS) is 11.5. The highest BCUT2D eigenvalue weighted by Crippen LogP contribution is 2.18. The number of aryl methyl sites for hydroxylation is 4. The third-order valence-electron chi connectivity index (χ3n) is 4.46. The highest BCUT2D eigenvalue weighted by Gasteiger charge is 1.97. The van der Waals surface area contributed by atoms with E-state index in [4.69, 9.17) is 0 Å². The number of hydrogen-bond donors (Lipinski definition) is 0. The van der Waals surface area contributed by atoms with E-state index in [1.165, 1.54) is 22.3 Å². The topological polar surface area (TPSA) is 37.6 Å². The molecule has 0 radical (unpaired) electrons.